The SMILES string of the molecule is COC(=O)CSc1ccc(O)c2c1C(=O)c1cccc(O)c1C2=O. The first-order valence-corrected chi connectivity index (χ1v) is 7.91. The van der Waals surface area contributed by atoms with Gasteiger partial charge in [0.2, 0.25) is 5.78 Å². The van der Waals surface area contributed by atoms with Gasteiger partial charge in [-0.3, -0.25) is 14.4 Å². The van der Waals surface area contributed by atoms with Crippen LogP contribution in [0.4, 0.5) is 0 Å². The van der Waals surface area contributed by atoms with E-state index in [0.29, 0.717) is 4.90 Å². The Balaban J connectivity index is 2.17. The molecule has 2 N–H and O–H groups in total. The van der Waals surface area contributed by atoms with Crippen molar-refractivity contribution < 1.29 is 29.3 Å². The van der Waals surface area contributed by atoms with Gasteiger partial charge in [-0.05, 0) is 18.2 Å². The Hall–Kier alpha value is -2.80. The molecule has 7 heteroatoms. The van der Waals surface area contributed by atoms with Crippen LogP contribution in [0.25, 0.3) is 0 Å². The fourth-order valence-electron chi connectivity index (χ4n) is 2.57. The Morgan fingerprint density at radius 1 is 1.00 bits per heavy atom. The van der Waals surface area contributed by atoms with Crippen molar-refractivity contribution >= 4 is 29.3 Å². The number of fused-ring (bicyclic) bond motifs is 2. The minimum atomic E-state index is -0.629. The smallest absolute Gasteiger partial charge is 0.315 e. The molecular formula is C17H12O6S. The van der Waals surface area contributed by atoms with Gasteiger partial charge in [0.05, 0.1) is 29.6 Å². The lowest BCUT2D eigenvalue weighted by molar-refractivity contribution is -0.137. The van der Waals surface area contributed by atoms with E-state index < -0.39 is 17.5 Å². The van der Waals surface area contributed by atoms with Gasteiger partial charge in [0.25, 0.3) is 0 Å². The average Bonchev–Trinajstić information content (AvgIpc) is 2.57. The lowest BCUT2D eigenvalue weighted by Gasteiger charge is -2.21. The van der Waals surface area contributed by atoms with Crippen LogP contribution in [-0.4, -0.2) is 40.6 Å². The molecule has 0 unspecified atom stereocenters. The topological polar surface area (TPSA) is 101 Å². The van der Waals surface area contributed by atoms with Crippen LogP contribution in [0.5, 0.6) is 11.5 Å². The van der Waals surface area contributed by atoms with Crippen LogP contribution in [0.2, 0.25) is 0 Å². The van der Waals surface area contributed by atoms with Crippen molar-refractivity contribution in [1.82, 2.24) is 0 Å². The van der Waals surface area contributed by atoms with Gasteiger partial charge in [-0.15, -0.1) is 11.8 Å². The van der Waals surface area contributed by atoms with E-state index in [-0.39, 0.29) is 39.5 Å². The Labute approximate surface area is 141 Å². The van der Waals surface area contributed by atoms with Gasteiger partial charge >= 0.3 is 5.97 Å². The van der Waals surface area contributed by atoms with Crippen molar-refractivity contribution in [3.63, 3.8) is 0 Å². The zero-order valence-electron chi connectivity index (χ0n) is 12.5. The quantitative estimate of drug-likeness (QED) is 0.554. The zero-order valence-corrected chi connectivity index (χ0v) is 13.3. The summed E-state index contributed by atoms with van der Waals surface area (Å²) in [7, 11) is 1.25. The Morgan fingerprint density at radius 3 is 2.42 bits per heavy atom. The molecule has 0 aliphatic heterocycles. The number of thioether (sulfide) groups is 1. The summed E-state index contributed by atoms with van der Waals surface area (Å²) in [5, 5.41) is 20.0. The van der Waals surface area contributed by atoms with Gasteiger partial charge in [0.15, 0.2) is 5.78 Å². The number of esters is 1. The highest BCUT2D eigenvalue weighted by Gasteiger charge is 2.36. The first-order valence-electron chi connectivity index (χ1n) is 6.92. The fourth-order valence-corrected chi connectivity index (χ4v) is 3.47. The van der Waals surface area contributed by atoms with Gasteiger partial charge in [0, 0.05) is 10.5 Å². The third-order valence-corrected chi connectivity index (χ3v) is 4.72. The zero-order chi connectivity index (χ0) is 17.4. The molecule has 122 valence electrons. The summed E-state index contributed by atoms with van der Waals surface area (Å²) in [6.45, 7) is 0. The maximum Gasteiger partial charge on any atom is 0.315 e. The molecule has 0 spiro atoms. The number of aromatic hydroxyl groups is 2. The van der Waals surface area contributed by atoms with Gasteiger partial charge < -0.3 is 14.9 Å². The summed E-state index contributed by atoms with van der Waals surface area (Å²) < 4.78 is 4.57. The molecule has 0 saturated heterocycles. The standard InChI is InChI=1S/C17H12O6S/c1-23-12(20)7-24-11-6-5-10(19)14-15(11)16(21)8-3-2-4-9(18)13(8)17(14)22/h2-6,18-19H,7H2,1H3. The molecule has 6 nitrogen and oxygen atoms in total. The van der Waals surface area contributed by atoms with Crippen molar-refractivity contribution in [3.05, 3.63) is 52.6 Å². The summed E-state index contributed by atoms with van der Waals surface area (Å²) in [5.41, 5.74) is -0.186. The first kappa shape index (κ1) is 16.1. The molecule has 0 fully saturated rings. The molecule has 0 saturated carbocycles. The number of ether oxygens (including phenoxy) is 1. The lowest BCUT2D eigenvalue weighted by Crippen LogP contribution is -2.22. The van der Waals surface area contributed by atoms with Crippen molar-refractivity contribution in [2.75, 3.05) is 12.9 Å². The highest BCUT2D eigenvalue weighted by molar-refractivity contribution is 8.00. The van der Waals surface area contributed by atoms with Crippen molar-refractivity contribution in [3.8, 4) is 11.5 Å². The minimum absolute atomic E-state index is 0.0343. The van der Waals surface area contributed by atoms with E-state index in [9.17, 15) is 24.6 Å². The Bertz CT molecular complexity index is 887. The number of benzene rings is 2. The molecule has 24 heavy (non-hydrogen) atoms. The van der Waals surface area contributed by atoms with Gasteiger partial charge in [-0.25, -0.2) is 0 Å². The molecule has 1 aliphatic rings. The monoisotopic (exact) mass is 344 g/mol. The Morgan fingerprint density at radius 2 is 1.71 bits per heavy atom. The summed E-state index contributed by atoms with van der Waals surface area (Å²) in [4.78, 5) is 37.2. The second-order valence-corrected chi connectivity index (χ2v) is 6.07. The number of phenols is 2. The summed E-state index contributed by atoms with van der Waals surface area (Å²) in [6.07, 6.45) is 0. The number of phenolic OH excluding ortho intramolecular Hbond substituents is 2. The molecule has 3 rings (SSSR count). The van der Waals surface area contributed by atoms with Crippen LogP contribution in [0, 0.1) is 0 Å². The first-order chi connectivity index (χ1) is 11.5. The molecular weight excluding hydrogens is 332 g/mol. The highest BCUT2D eigenvalue weighted by Crippen LogP contribution is 2.40. The highest BCUT2D eigenvalue weighted by atomic mass is 32.2. The van der Waals surface area contributed by atoms with Crippen LogP contribution in [-0.2, 0) is 9.53 Å². The molecule has 0 amide bonds. The Kier molecular flexibility index (Phi) is 4.02. The second kappa shape index (κ2) is 6.01. The molecule has 0 atom stereocenters. The van der Waals surface area contributed by atoms with E-state index in [1.807, 2.05) is 0 Å². The van der Waals surface area contributed by atoms with Crippen molar-refractivity contribution in [2.24, 2.45) is 0 Å². The predicted octanol–water partition coefficient (Wildman–Crippen LogP) is 2.14. The number of carbonyl (C=O) groups excluding carboxylic acids is 3. The van der Waals surface area contributed by atoms with Gasteiger partial charge in [-0.2, -0.15) is 0 Å². The van der Waals surface area contributed by atoms with Crippen LogP contribution >= 0.6 is 11.8 Å². The summed E-state index contributed by atoms with van der Waals surface area (Å²) in [5.74, 6) is -2.30. The largest absolute Gasteiger partial charge is 0.507 e. The van der Waals surface area contributed by atoms with Crippen LogP contribution < -0.4 is 0 Å². The van der Waals surface area contributed by atoms with E-state index in [1.165, 1.54) is 37.4 Å². The summed E-state index contributed by atoms with van der Waals surface area (Å²) in [6, 6.07) is 6.97. The normalized spacial score (nSPS) is 12.5. The van der Waals surface area contributed by atoms with Crippen LogP contribution in [0.1, 0.15) is 31.8 Å². The minimum Gasteiger partial charge on any atom is -0.507 e. The third-order valence-electron chi connectivity index (χ3n) is 3.69. The summed E-state index contributed by atoms with van der Waals surface area (Å²) >= 11 is 1.04. The van der Waals surface area contributed by atoms with E-state index in [2.05, 4.69) is 4.74 Å². The maximum atomic E-state index is 12.8. The number of carbonyl (C=O) groups is 3. The second-order valence-electron chi connectivity index (χ2n) is 5.06. The molecule has 0 radical (unpaired) electrons. The van der Waals surface area contributed by atoms with E-state index in [4.69, 9.17) is 0 Å². The number of hydrogen-bond donors (Lipinski definition) is 2. The van der Waals surface area contributed by atoms with Crippen LogP contribution in [0.3, 0.4) is 0 Å². The number of methoxy groups -OCH3 is 1. The van der Waals surface area contributed by atoms with E-state index in [0.717, 1.165) is 11.8 Å². The lowest BCUT2D eigenvalue weighted by atomic mass is 9.83. The van der Waals surface area contributed by atoms with Crippen LogP contribution in [0.15, 0.2) is 35.2 Å². The molecule has 1 aliphatic carbocycles. The molecule has 0 aromatic heterocycles. The molecule has 2 aromatic rings. The fraction of sp³-hybridized carbons (Fsp3) is 0.118. The molecule has 0 bridgehead atoms. The number of rotatable bonds is 3. The van der Waals surface area contributed by atoms with Gasteiger partial charge in [-0.1, -0.05) is 12.1 Å². The van der Waals surface area contributed by atoms with Gasteiger partial charge in [0.1, 0.15) is 11.5 Å². The predicted molar refractivity (Wildman–Crippen MR) is 85.8 cm³/mol. The number of ketones is 2. The number of hydrogen-bond acceptors (Lipinski definition) is 7. The molecule has 2 aromatic carbocycles. The van der Waals surface area contributed by atoms with Crippen molar-refractivity contribution in [2.45, 2.75) is 4.90 Å². The van der Waals surface area contributed by atoms with E-state index >= 15 is 0 Å². The maximum absolute atomic E-state index is 12.8. The molecule has 0 heterocycles. The van der Waals surface area contributed by atoms with Crippen molar-refractivity contribution in [1.29, 1.82) is 0 Å². The average molecular weight is 344 g/mol. The third kappa shape index (κ3) is 2.43. The van der Waals surface area contributed by atoms with E-state index in [1.54, 1.807) is 0 Å².